The first-order chi connectivity index (χ1) is 10.6. The average molecular weight is 330 g/mol. The lowest BCUT2D eigenvalue weighted by atomic mass is 10.1. The molecular formula is C17H16ClN3S. The van der Waals surface area contributed by atoms with Gasteiger partial charge in [0.1, 0.15) is 11.5 Å². The first kappa shape index (κ1) is 13.9. The van der Waals surface area contributed by atoms with Crippen molar-refractivity contribution < 1.29 is 0 Å². The monoisotopic (exact) mass is 329 g/mol. The molecule has 0 bridgehead atoms. The second kappa shape index (κ2) is 5.14. The van der Waals surface area contributed by atoms with E-state index < -0.39 is 0 Å². The number of fused-ring (bicyclic) bond motifs is 1. The van der Waals surface area contributed by atoms with Crippen LogP contribution in [0, 0.1) is 13.8 Å². The molecule has 0 amide bonds. The fourth-order valence-electron chi connectivity index (χ4n) is 2.86. The third-order valence-corrected chi connectivity index (χ3v) is 5.43. The van der Waals surface area contributed by atoms with E-state index in [0.717, 1.165) is 39.4 Å². The molecule has 112 valence electrons. The van der Waals surface area contributed by atoms with Crippen molar-refractivity contribution in [3.05, 3.63) is 51.4 Å². The van der Waals surface area contributed by atoms with Crippen LogP contribution in [0.1, 0.15) is 16.7 Å². The van der Waals surface area contributed by atoms with Crippen LogP contribution in [0.5, 0.6) is 0 Å². The molecule has 0 saturated heterocycles. The molecule has 5 heteroatoms. The molecule has 0 atom stereocenters. The van der Waals surface area contributed by atoms with E-state index in [-0.39, 0.29) is 0 Å². The van der Waals surface area contributed by atoms with Gasteiger partial charge in [-0.05, 0) is 55.7 Å². The Morgan fingerprint density at radius 2 is 2.05 bits per heavy atom. The number of aromatic nitrogens is 2. The number of anilines is 1. The summed E-state index contributed by atoms with van der Waals surface area (Å²) in [6.07, 6.45) is 1.00. The summed E-state index contributed by atoms with van der Waals surface area (Å²) in [4.78, 5) is 1.13. The van der Waals surface area contributed by atoms with E-state index in [2.05, 4.69) is 43.4 Å². The maximum Gasteiger partial charge on any atom is 0.133 e. The van der Waals surface area contributed by atoms with Gasteiger partial charge < -0.3 is 5.32 Å². The lowest BCUT2D eigenvalue weighted by Crippen LogP contribution is -2.04. The lowest BCUT2D eigenvalue weighted by Gasteiger charge is -2.08. The highest BCUT2D eigenvalue weighted by Gasteiger charge is 2.24. The predicted molar refractivity (Wildman–Crippen MR) is 93.6 cm³/mol. The fraction of sp³-hybridized carbons (Fsp3) is 0.235. The normalized spacial score (nSPS) is 13.2. The van der Waals surface area contributed by atoms with E-state index in [1.807, 2.05) is 10.7 Å². The minimum absolute atomic E-state index is 0.801. The van der Waals surface area contributed by atoms with Crippen LogP contribution in [0.15, 0.2) is 30.3 Å². The number of nitrogens with zero attached hydrogens (tertiary/aromatic N) is 2. The minimum Gasteiger partial charge on any atom is -0.369 e. The summed E-state index contributed by atoms with van der Waals surface area (Å²) < 4.78 is 2.83. The topological polar surface area (TPSA) is 29.9 Å². The highest BCUT2D eigenvalue weighted by atomic mass is 35.5. The summed E-state index contributed by atoms with van der Waals surface area (Å²) in [5.41, 5.74) is 6.01. The Kier molecular flexibility index (Phi) is 3.24. The summed E-state index contributed by atoms with van der Waals surface area (Å²) in [7, 11) is 0. The molecule has 3 aromatic rings. The Hall–Kier alpha value is -1.78. The third kappa shape index (κ3) is 2.14. The molecule has 1 aliphatic rings. The van der Waals surface area contributed by atoms with Gasteiger partial charge in [0.05, 0.1) is 14.9 Å². The van der Waals surface area contributed by atoms with Gasteiger partial charge in [0.2, 0.25) is 0 Å². The molecule has 0 radical (unpaired) electrons. The highest BCUT2D eigenvalue weighted by molar-refractivity contribution is 7.19. The van der Waals surface area contributed by atoms with Crippen LogP contribution in [0.3, 0.4) is 0 Å². The second-order valence-corrected chi connectivity index (χ2v) is 7.35. The van der Waals surface area contributed by atoms with Crippen molar-refractivity contribution in [2.75, 3.05) is 11.9 Å². The Balaban J connectivity index is 1.89. The molecular weight excluding hydrogens is 314 g/mol. The number of thiophene rings is 1. The Bertz CT molecular complexity index is 863. The fourth-order valence-corrected chi connectivity index (χ4v) is 3.91. The molecule has 1 aromatic carbocycles. The van der Waals surface area contributed by atoms with Crippen LogP contribution < -0.4 is 5.32 Å². The molecule has 22 heavy (non-hydrogen) atoms. The van der Waals surface area contributed by atoms with E-state index >= 15 is 0 Å². The predicted octanol–water partition coefficient (Wildman–Crippen LogP) is 4.84. The van der Waals surface area contributed by atoms with Gasteiger partial charge >= 0.3 is 0 Å². The molecule has 0 fully saturated rings. The van der Waals surface area contributed by atoms with Gasteiger partial charge in [0, 0.05) is 12.1 Å². The second-order valence-electron chi connectivity index (χ2n) is 5.64. The molecule has 0 unspecified atom stereocenters. The Morgan fingerprint density at radius 1 is 1.18 bits per heavy atom. The zero-order valence-electron chi connectivity index (χ0n) is 12.5. The van der Waals surface area contributed by atoms with Gasteiger partial charge in [-0.15, -0.1) is 11.3 Å². The van der Waals surface area contributed by atoms with Gasteiger partial charge in [0.15, 0.2) is 0 Å². The van der Waals surface area contributed by atoms with Crippen molar-refractivity contribution in [3.8, 4) is 16.3 Å². The zero-order valence-corrected chi connectivity index (χ0v) is 14.1. The van der Waals surface area contributed by atoms with Crippen molar-refractivity contribution in [1.29, 1.82) is 0 Å². The summed E-state index contributed by atoms with van der Waals surface area (Å²) >= 11 is 7.67. The molecule has 3 heterocycles. The quantitative estimate of drug-likeness (QED) is 0.729. The Morgan fingerprint density at radius 3 is 2.77 bits per heavy atom. The van der Waals surface area contributed by atoms with Gasteiger partial charge in [-0.1, -0.05) is 17.7 Å². The number of hydrogen-bond acceptors (Lipinski definition) is 3. The van der Waals surface area contributed by atoms with Gasteiger partial charge in [-0.25, -0.2) is 4.68 Å². The van der Waals surface area contributed by atoms with E-state index in [9.17, 15) is 0 Å². The van der Waals surface area contributed by atoms with Gasteiger partial charge in [-0.3, -0.25) is 0 Å². The highest BCUT2D eigenvalue weighted by Crippen LogP contribution is 2.38. The molecule has 3 nitrogen and oxygen atoms in total. The summed E-state index contributed by atoms with van der Waals surface area (Å²) in [6.45, 7) is 5.23. The van der Waals surface area contributed by atoms with Crippen molar-refractivity contribution in [2.24, 2.45) is 0 Å². The number of benzene rings is 1. The molecule has 1 aliphatic heterocycles. The summed E-state index contributed by atoms with van der Waals surface area (Å²) in [5.74, 6) is 1.11. The van der Waals surface area contributed by atoms with Crippen molar-refractivity contribution >= 4 is 28.8 Å². The van der Waals surface area contributed by atoms with Gasteiger partial charge in [0.25, 0.3) is 0 Å². The Labute approximate surface area is 138 Å². The van der Waals surface area contributed by atoms with E-state index in [1.54, 1.807) is 11.3 Å². The molecule has 0 saturated carbocycles. The maximum absolute atomic E-state index is 6.09. The van der Waals surface area contributed by atoms with Gasteiger partial charge in [-0.2, -0.15) is 5.10 Å². The first-order valence-corrected chi connectivity index (χ1v) is 8.52. The number of rotatable bonds is 2. The van der Waals surface area contributed by atoms with Crippen LogP contribution in [0.4, 0.5) is 5.82 Å². The van der Waals surface area contributed by atoms with Crippen LogP contribution >= 0.6 is 22.9 Å². The molecule has 0 aliphatic carbocycles. The van der Waals surface area contributed by atoms with Crippen molar-refractivity contribution in [2.45, 2.75) is 20.3 Å². The maximum atomic E-state index is 6.09. The number of aryl methyl sites for hydroxylation is 2. The van der Waals surface area contributed by atoms with Crippen LogP contribution in [-0.2, 0) is 6.42 Å². The number of nitrogens with one attached hydrogen (secondary N) is 1. The molecule has 1 N–H and O–H groups in total. The average Bonchev–Trinajstić information content (AvgIpc) is 3.17. The standard InChI is InChI=1S/C17H16ClN3S/c1-10-3-4-12(9-11(10)2)21-17-13(7-8-19-17)16(20-21)14-5-6-15(18)22-14/h3-6,9,19H,7-8H2,1-2H3. The number of hydrogen-bond donors (Lipinski definition) is 1. The third-order valence-electron chi connectivity index (χ3n) is 4.19. The van der Waals surface area contributed by atoms with Crippen LogP contribution in [0.25, 0.3) is 16.3 Å². The largest absolute Gasteiger partial charge is 0.369 e. The van der Waals surface area contributed by atoms with E-state index in [4.69, 9.17) is 16.7 Å². The smallest absolute Gasteiger partial charge is 0.133 e. The zero-order chi connectivity index (χ0) is 15.3. The molecule has 0 spiro atoms. The van der Waals surface area contributed by atoms with Crippen LogP contribution in [0.2, 0.25) is 4.34 Å². The van der Waals surface area contributed by atoms with Crippen molar-refractivity contribution in [3.63, 3.8) is 0 Å². The van der Waals surface area contributed by atoms with E-state index in [1.165, 1.54) is 16.7 Å². The molecule has 2 aromatic heterocycles. The summed E-state index contributed by atoms with van der Waals surface area (Å²) in [6, 6.07) is 10.5. The first-order valence-electron chi connectivity index (χ1n) is 7.32. The number of halogens is 1. The molecule has 4 rings (SSSR count). The lowest BCUT2D eigenvalue weighted by molar-refractivity contribution is 0.881. The van der Waals surface area contributed by atoms with Crippen molar-refractivity contribution in [1.82, 2.24) is 9.78 Å². The van der Waals surface area contributed by atoms with E-state index in [0.29, 0.717) is 0 Å². The van der Waals surface area contributed by atoms with Crippen LogP contribution in [-0.4, -0.2) is 16.3 Å². The summed E-state index contributed by atoms with van der Waals surface area (Å²) in [5, 5.41) is 8.33. The SMILES string of the molecule is Cc1ccc(-n2nc(-c3ccc(Cl)s3)c3c2NCC3)cc1C. The minimum atomic E-state index is 0.801.